The third kappa shape index (κ3) is 2.90. The summed E-state index contributed by atoms with van der Waals surface area (Å²) in [6, 6.07) is 3.67. The van der Waals surface area contributed by atoms with Crippen LogP contribution in [0.1, 0.15) is 59.0 Å². The molecular weight excluding hydrogens is 314 g/mol. The molecule has 2 saturated heterocycles. The van der Waals surface area contributed by atoms with Gasteiger partial charge in [-0.05, 0) is 37.1 Å². The number of carbonyl (C=O) groups excluding carboxylic acids is 1. The first-order valence-electron chi connectivity index (χ1n) is 8.08. The van der Waals surface area contributed by atoms with Crippen molar-refractivity contribution in [1.82, 2.24) is 15.0 Å². The molecule has 6 nitrogen and oxygen atoms in total. The molecule has 0 spiro atoms. The molecule has 2 aliphatic rings. The SMILES string of the molecule is O=C(c1cccs1)N1CCC[C@H]1c1nc(C2CCOCC2)no1. The Morgan fingerprint density at radius 3 is 2.96 bits per heavy atom. The van der Waals surface area contributed by atoms with E-state index in [0.717, 1.165) is 56.1 Å². The first kappa shape index (κ1) is 14.8. The van der Waals surface area contributed by atoms with E-state index in [9.17, 15) is 4.79 Å². The van der Waals surface area contributed by atoms with Crippen LogP contribution in [-0.2, 0) is 4.74 Å². The summed E-state index contributed by atoms with van der Waals surface area (Å²) in [5, 5.41) is 6.09. The highest BCUT2D eigenvalue weighted by molar-refractivity contribution is 7.12. The van der Waals surface area contributed by atoms with Gasteiger partial charge in [-0.3, -0.25) is 4.79 Å². The fourth-order valence-electron chi connectivity index (χ4n) is 3.31. The number of aromatic nitrogens is 2. The van der Waals surface area contributed by atoms with Crippen LogP contribution in [0.3, 0.4) is 0 Å². The van der Waals surface area contributed by atoms with Crippen LogP contribution < -0.4 is 0 Å². The third-order valence-corrected chi connectivity index (χ3v) is 5.43. The van der Waals surface area contributed by atoms with Gasteiger partial charge in [-0.2, -0.15) is 4.98 Å². The van der Waals surface area contributed by atoms with Crippen molar-refractivity contribution in [2.75, 3.05) is 19.8 Å². The first-order valence-corrected chi connectivity index (χ1v) is 8.96. The number of likely N-dealkylation sites (tertiary alicyclic amines) is 1. The summed E-state index contributed by atoms with van der Waals surface area (Å²) in [4.78, 5) is 19.9. The third-order valence-electron chi connectivity index (χ3n) is 4.57. The minimum Gasteiger partial charge on any atom is -0.381 e. The molecule has 0 saturated carbocycles. The van der Waals surface area contributed by atoms with Crippen LogP contribution in [0.15, 0.2) is 22.0 Å². The Hall–Kier alpha value is -1.73. The molecule has 7 heteroatoms. The largest absolute Gasteiger partial charge is 0.381 e. The summed E-state index contributed by atoms with van der Waals surface area (Å²) >= 11 is 1.47. The van der Waals surface area contributed by atoms with Crippen LogP contribution in [0.25, 0.3) is 0 Å². The van der Waals surface area contributed by atoms with Crippen LogP contribution in [-0.4, -0.2) is 40.7 Å². The van der Waals surface area contributed by atoms with Gasteiger partial charge in [0.25, 0.3) is 5.91 Å². The molecule has 4 heterocycles. The topological polar surface area (TPSA) is 68.5 Å². The van der Waals surface area contributed by atoms with Gasteiger partial charge < -0.3 is 14.2 Å². The number of ether oxygens (including phenoxy) is 1. The maximum atomic E-state index is 12.6. The molecule has 23 heavy (non-hydrogen) atoms. The van der Waals surface area contributed by atoms with E-state index in [1.54, 1.807) is 0 Å². The van der Waals surface area contributed by atoms with Crippen LogP contribution in [0, 0.1) is 0 Å². The number of nitrogens with zero attached hydrogens (tertiary/aromatic N) is 3. The lowest BCUT2D eigenvalue weighted by molar-refractivity contribution is 0.0714. The standard InChI is InChI=1S/C16H19N3O3S/c20-16(13-4-2-10-23-13)19-7-1-3-12(19)15-17-14(18-22-15)11-5-8-21-9-6-11/h2,4,10-12H,1,3,5-9H2/t12-/m0/s1. The van der Waals surface area contributed by atoms with Gasteiger partial charge in [0.2, 0.25) is 5.89 Å². The van der Waals surface area contributed by atoms with E-state index in [4.69, 9.17) is 9.26 Å². The van der Waals surface area contributed by atoms with Gasteiger partial charge in [-0.25, -0.2) is 0 Å². The van der Waals surface area contributed by atoms with Gasteiger partial charge >= 0.3 is 0 Å². The van der Waals surface area contributed by atoms with Crippen LogP contribution in [0.2, 0.25) is 0 Å². The van der Waals surface area contributed by atoms with E-state index < -0.39 is 0 Å². The number of amides is 1. The molecule has 4 rings (SSSR count). The minimum absolute atomic E-state index is 0.0633. The van der Waals surface area contributed by atoms with Crippen molar-refractivity contribution in [3.8, 4) is 0 Å². The molecule has 1 atom stereocenters. The Kier molecular flexibility index (Phi) is 4.13. The second-order valence-corrected chi connectivity index (χ2v) is 6.96. The van der Waals surface area contributed by atoms with E-state index in [1.807, 2.05) is 22.4 Å². The molecule has 2 fully saturated rings. The quantitative estimate of drug-likeness (QED) is 0.864. The zero-order valence-electron chi connectivity index (χ0n) is 12.8. The fourth-order valence-corrected chi connectivity index (χ4v) is 3.99. The number of hydrogen-bond acceptors (Lipinski definition) is 6. The number of thiophene rings is 1. The van der Waals surface area contributed by atoms with E-state index in [-0.39, 0.29) is 11.9 Å². The molecule has 2 aromatic heterocycles. The van der Waals surface area contributed by atoms with E-state index in [1.165, 1.54) is 11.3 Å². The second kappa shape index (κ2) is 6.41. The lowest BCUT2D eigenvalue weighted by Crippen LogP contribution is -2.30. The van der Waals surface area contributed by atoms with Crippen molar-refractivity contribution >= 4 is 17.2 Å². The van der Waals surface area contributed by atoms with Gasteiger partial charge in [0.15, 0.2) is 5.82 Å². The first-order chi connectivity index (χ1) is 11.3. The molecule has 2 aliphatic heterocycles. The van der Waals surface area contributed by atoms with Gasteiger partial charge in [0, 0.05) is 25.7 Å². The molecule has 0 bridgehead atoms. The summed E-state index contributed by atoms with van der Waals surface area (Å²) in [7, 11) is 0. The molecule has 0 aliphatic carbocycles. The summed E-state index contributed by atoms with van der Waals surface area (Å²) in [6.45, 7) is 2.25. The zero-order chi connectivity index (χ0) is 15.6. The highest BCUT2D eigenvalue weighted by Gasteiger charge is 2.35. The highest BCUT2D eigenvalue weighted by atomic mass is 32.1. The highest BCUT2D eigenvalue weighted by Crippen LogP contribution is 2.34. The van der Waals surface area contributed by atoms with Crippen molar-refractivity contribution in [3.05, 3.63) is 34.1 Å². The minimum atomic E-state index is -0.0920. The Labute approximate surface area is 138 Å². The predicted octanol–water partition coefficient (Wildman–Crippen LogP) is 3.00. The van der Waals surface area contributed by atoms with Gasteiger partial charge in [0.1, 0.15) is 6.04 Å². The summed E-state index contributed by atoms with van der Waals surface area (Å²) in [5.41, 5.74) is 0. The van der Waals surface area contributed by atoms with Crippen molar-refractivity contribution in [3.63, 3.8) is 0 Å². The van der Waals surface area contributed by atoms with Crippen LogP contribution >= 0.6 is 11.3 Å². The van der Waals surface area contributed by atoms with E-state index >= 15 is 0 Å². The number of rotatable bonds is 3. The molecule has 122 valence electrons. The Balaban J connectivity index is 1.52. The predicted molar refractivity (Wildman–Crippen MR) is 84.4 cm³/mol. The monoisotopic (exact) mass is 333 g/mol. The second-order valence-electron chi connectivity index (χ2n) is 6.01. The van der Waals surface area contributed by atoms with Crippen LogP contribution in [0.4, 0.5) is 0 Å². The lowest BCUT2D eigenvalue weighted by Gasteiger charge is -2.21. The van der Waals surface area contributed by atoms with Gasteiger partial charge in [-0.15, -0.1) is 11.3 Å². The van der Waals surface area contributed by atoms with Crippen molar-refractivity contribution in [2.45, 2.75) is 37.6 Å². The van der Waals surface area contributed by atoms with Crippen molar-refractivity contribution in [2.24, 2.45) is 0 Å². The van der Waals surface area contributed by atoms with E-state index in [0.29, 0.717) is 11.8 Å². The van der Waals surface area contributed by atoms with Gasteiger partial charge in [0.05, 0.1) is 4.88 Å². The fraction of sp³-hybridized carbons (Fsp3) is 0.562. The number of carbonyl (C=O) groups is 1. The summed E-state index contributed by atoms with van der Waals surface area (Å²) in [5.74, 6) is 1.71. The maximum Gasteiger partial charge on any atom is 0.264 e. The Bertz CT molecular complexity index is 664. The average molecular weight is 333 g/mol. The maximum absolute atomic E-state index is 12.6. The molecule has 0 aromatic carbocycles. The normalized spacial score (nSPS) is 22.6. The molecular formula is C16H19N3O3S. The smallest absolute Gasteiger partial charge is 0.264 e. The molecule has 0 radical (unpaired) electrons. The zero-order valence-corrected chi connectivity index (χ0v) is 13.6. The van der Waals surface area contributed by atoms with E-state index in [2.05, 4.69) is 10.1 Å². The summed E-state index contributed by atoms with van der Waals surface area (Å²) in [6.07, 6.45) is 3.71. The van der Waals surface area contributed by atoms with Crippen molar-refractivity contribution in [1.29, 1.82) is 0 Å². The molecule has 1 amide bonds. The molecule has 0 unspecified atom stereocenters. The Morgan fingerprint density at radius 2 is 2.17 bits per heavy atom. The van der Waals surface area contributed by atoms with Crippen LogP contribution in [0.5, 0.6) is 0 Å². The number of hydrogen-bond donors (Lipinski definition) is 0. The summed E-state index contributed by atoms with van der Waals surface area (Å²) < 4.78 is 10.9. The molecule has 2 aromatic rings. The molecule has 0 N–H and O–H groups in total. The van der Waals surface area contributed by atoms with Crippen molar-refractivity contribution < 1.29 is 14.1 Å². The lowest BCUT2D eigenvalue weighted by atomic mass is 10.00. The van der Waals surface area contributed by atoms with Gasteiger partial charge in [-0.1, -0.05) is 11.2 Å². The average Bonchev–Trinajstić information content (AvgIpc) is 3.35. The Morgan fingerprint density at radius 1 is 1.30 bits per heavy atom.